The van der Waals surface area contributed by atoms with Gasteiger partial charge in [0.15, 0.2) is 0 Å². The summed E-state index contributed by atoms with van der Waals surface area (Å²) in [5.74, 6) is 2.13. The number of aryl methyl sites for hydroxylation is 1. The first-order valence-electron chi connectivity index (χ1n) is 9.73. The standard InChI is InChI=1S/C21H22ClN5O/c1-26-19-16(9-18(20(26)28)13-5-7-17(22)8-6-13)10-23-21(24-19)25-27-11-14-3-2-4-15(14)12-27/h5-10,14-15H,2-4,11-12H2,1H3,(H,23,24,25). The van der Waals surface area contributed by atoms with Gasteiger partial charge in [-0.15, -0.1) is 0 Å². The third kappa shape index (κ3) is 3.06. The number of anilines is 1. The highest BCUT2D eigenvalue weighted by atomic mass is 35.5. The molecule has 144 valence electrons. The minimum Gasteiger partial charge on any atom is -0.295 e. The van der Waals surface area contributed by atoms with E-state index in [0.717, 1.165) is 35.9 Å². The molecule has 7 heteroatoms. The molecule has 3 aromatic rings. The van der Waals surface area contributed by atoms with Gasteiger partial charge in [0.05, 0.1) is 0 Å². The Morgan fingerprint density at radius 2 is 1.86 bits per heavy atom. The summed E-state index contributed by atoms with van der Waals surface area (Å²) in [7, 11) is 1.75. The maximum absolute atomic E-state index is 12.9. The Balaban J connectivity index is 1.47. The van der Waals surface area contributed by atoms with Gasteiger partial charge < -0.3 is 0 Å². The van der Waals surface area contributed by atoms with E-state index in [-0.39, 0.29) is 5.56 Å². The van der Waals surface area contributed by atoms with E-state index in [4.69, 9.17) is 11.6 Å². The lowest BCUT2D eigenvalue weighted by atomic mass is 10.0. The lowest BCUT2D eigenvalue weighted by molar-refractivity contribution is 0.369. The summed E-state index contributed by atoms with van der Waals surface area (Å²) >= 11 is 5.97. The van der Waals surface area contributed by atoms with Gasteiger partial charge in [0.1, 0.15) is 5.65 Å². The third-order valence-corrected chi connectivity index (χ3v) is 6.34. The molecule has 2 atom stereocenters. The molecule has 1 aromatic carbocycles. The predicted octanol–water partition coefficient (Wildman–Crippen LogP) is 3.71. The van der Waals surface area contributed by atoms with Crippen molar-refractivity contribution in [2.45, 2.75) is 19.3 Å². The lowest BCUT2D eigenvalue weighted by Gasteiger charge is -2.18. The van der Waals surface area contributed by atoms with E-state index < -0.39 is 0 Å². The highest BCUT2D eigenvalue weighted by Crippen LogP contribution is 2.37. The van der Waals surface area contributed by atoms with Gasteiger partial charge in [-0.1, -0.05) is 30.2 Å². The zero-order chi connectivity index (χ0) is 19.3. The number of fused-ring (bicyclic) bond motifs is 2. The van der Waals surface area contributed by atoms with E-state index >= 15 is 0 Å². The van der Waals surface area contributed by atoms with E-state index in [1.807, 2.05) is 18.2 Å². The van der Waals surface area contributed by atoms with Crippen molar-refractivity contribution in [2.75, 3.05) is 18.5 Å². The highest BCUT2D eigenvalue weighted by Gasteiger charge is 2.36. The van der Waals surface area contributed by atoms with Crippen molar-refractivity contribution in [1.29, 1.82) is 0 Å². The average molecular weight is 396 g/mol. The number of hydrogen-bond acceptors (Lipinski definition) is 5. The second kappa shape index (κ2) is 6.87. The summed E-state index contributed by atoms with van der Waals surface area (Å²) in [6.45, 7) is 2.08. The van der Waals surface area contributed by atoms with Crippen molar-refractivity contribution in [3.05, 3.63) is 51.9 Å². The summed E-state index contributed by atoms with van der Waals surface area (Å²) < 4.78 is 1.59. The number of benzene rings is 1. The molecule has 1 aliphatic heterocycles. The molecule has 28 heavy (non-hydrogen) atoms. The van der Waals surface area contributed by atoms with Crippen LogP contribution < -0.4 is 11.0 Å². The van der Waals surface area contributed by atoms with Gasteiger partial charge in [-0.05, 0) is 48.4 Å². The Hall–Kier alpha value is -2.44. The van der Waals surface area contributed by atoms with Crippen molar-refractivity contribution < 1.29 is 0 Å². The maximum atomic E-state index is 12.9. The van der Waals surface area contributed by atoms with Gasteiger partial charge in [0.2, 0.25) is 5.95 Å². The van der Waals surface area contributed by atoms with Crippen LogP contribution in [0.25, 0.3) is 22.2 Å². The molecular weight excluding hydrogens is 374 g/mol. The zero-order valence-corrected chi connectivity index (χ0v) is 16.5. The fourth-order valence-electron chi connectivity index (χ4n) is 4.60. The summed E-state index contributed by atoms with van der Waals surface area (Å²) in [6, 6.07) is 9.13. The number of aromatic nitrogens is 3. The molecule has 2 aromatic heterocycles. The van der Waals surface area contributed by atoms with Crippen LogP contribution >= 0.6 is 11.6 Å². The number of hydrazine groups is 1. The van der Waals surface area contributed by atoms with Crippen LogP contribution in [0.4, 0.5) is 5.95 Å². The molecule has 6 nitrogen and oxygen atoms in total. The number of nitrogens with one attached hydrogen (secondary N) is 1. The van der Waals surface area contributed by atoms with Crippen molar-refractivity contribution in [1.82, 2.24) is 19.5 Å². The predicted molar refractivity (Wildman–Crippen MR) is 111 cm³/mol. The Kier molecular flexibility index (Phi) is 4.33. The van der Waals surface area contributed by atoms with Gasteiger partial charge in [-0.25, -0.2) is 9.99 Å². The molecule has 2 fully saturated rings. The molecule has 0 spiro atoms. The van der Waals surface area contributed by atoms with Crippen LogP contribution in [0.1, 0.15) is 19.3 Å². The normalized spacial score (nSPS) is 21.9. The van der Waals surface area contributed by atoms with Crippen molar-refractivity contribution >= 4 is 28.6 Å². The monoisotopic (exact) mass is 395 g/mol. The van der Waals surface area contributed by atoms with Crippen LogP contribution in [0, 0.1) is 11.8 Å². The Labute approximate surface area is 168 Å². The molecule has 0 bridgehead atoms. The number of pyridine rings is 1. The van der Waals surface area contributed by atoms with Crippen molar-refractivity contribution in [2.24, 2.45) is 18.9 Å². The van der Waals surface area contributed by atoms with Gasteiger partial charge in [0, 0.05) is 42.3 Å². The summed E-state index contributed by atoms with van der Waals surface area (Å²) in [5.41, 5.74) is 5.32. The van der Waals surface area contributed by atoms with Crippen LogP contribution in [0.15, 0.2) is 41.3 Å². The van der Waals surface area contributed by atoms with E-state index in [0.29, 0.717) is 22.2 Å². The average Bonchev–Trinajstić information content (AvgIpc) is 3.27. The molecule has 0 amide bonds. The number of rotatable bonds is 3. The molecule has 3 heterocycles. The topological polar surface area (TPSA) is 63.1 Å². The fraction of sp³-hybridized carbons (Fsp3) is 0.381. The van der Waals surface area contributed by atoms with Gasteiger partial charge in [-0.2, -0.15) is 4.98 Å². The largest absolute Gasteiger partial charge is 0.295 e. The molecule has 2 aliphatic rings. The smallest absolute Gasteiger partial charge is 0.259 e. The summed E-state index contributed by atoms with van der Waals surface area (Å²) in [5, 5.41) is 3.69. The van der Waals surface area contributed by atoms with Gasteiger partial charge in [-0.3, -0.25) is 14.8 Å². The Morgan fingerprint density at radius 1 is 1.14 bits per heavy atom. The second-order valence-electron chi connectivity index (χ2n) is 7.87. The van der Waals surface area contributed by atoms with Crippen LogP contribution in [-0.2, 0) is 7.05 Å². The summed E-state index contributed by atoms with van der Waals surface area (Å²) in [4.78, 5) is 22.0. The molecule has 0 radical (unpaired) electrons. The second-order valence-corrected chi connectivity index (χ2v) is 8.31. The molecule has 1 saturated heterocycles. The first-order chi connectivity index (χ1) is 13.6. The Morgan fingerprint density at radius 3 is 2.57 bits per heavy atom. The number of nitrogens with zero attached hydrogens (tertiary/aromatic N) is 4. The van der Waals surface area contributed by atoms with Crippen LogP contribution in [0.2, 0.25) is 5.02 Å². The summed E-state index contributed by atoms with van der Waals surface area (Å²) in [6.07, 6.45) is 5.78. The highest BCUT2D eigenvalue weighted by molar-refractivity contribution is 6.30. The van der Waals surface area contributed by atoms with Crippen LogP contribution in [-0.4, -0.2) is 32.6 Å². The van der Waals surface area contributed by atoms with E-state index in [2.05, 4.69) is 20.4 Å². The van der Waals surface area contributed by atoms with Gasteiger partial charge in [0.25, 0.3) is 5.56 Å². The molecule has 1 aliphatic carbocycles. The minimum atomic E-state index is -0.0878. The Bertz CT molecular complexity index is 1080. The maximum Gasteiger partial charge on any atom is 0.259 e. The lowest BCUT2D eigenvalue weighted by Crippen LogP contribution is -2.29. The number of hydrogen-bond donors (Lipinski definition) is 1. The number of halogens is 1. The molecule has 2 unspecified atom stereocenters. The molecule has 1 N–H and O–H groups in total. The van der Waals surface area contributed by atoms with E-state index in [1.54, 1.807) is 29.9 Å². The minimum absolute atomic E-state index is 0.0878. The van der Waals surface area contributed by atoms with Crippen molar-refractivity contribution in [3.8, 4) is 11.1 Å². The SMILES string of the molecule is Cn1c(=O)c(-c2ccc(Cl)cc2)cc2cnc(NN3CC4CCCC4C3)nc21. The van der Waals surface area contributed by atoms with E-state index in [1.165, 1.54) is 19.3 Å². The van der Waals surface area contributed by atoms with Crippen molar-refractivity contribution in [3.63, 3.8) is 0 Å². The first-order valence-corrected chi connectivity index (χ1v) is 10.1. The van der Waals surface area contributed by atoms with E-state index in [9.17, 15) is 4.79 Å². The van der Waals surface area contributed by atoms with Crippen LogP contribution in [0.3, 0.4) is 0 Å². The molecule has 5 rings (SSSR count). The fourth-order valence-corrected chi connectivity index (χ4v) is 4.73. The third-order valence-electron chi connectivity index (χ3n) is 6.09. The zero-order valence-electron chi connectivity index (χ0n) is 15.7. The van der Waals surface area contributed by atoms with Gasteiger partial charge >= 0.3 is 0 Å². The molecule has 1 saturated carbocycles. The molecular formula is C21H22ClN5O. The first kappa shape index (κ1) is 17.6. The van der Waals surface area contributed by atoms with Crippen LogP contribution in [0.5, 0.6) is 0 Å². The quantitative estimate of drug-likeness (QED) is 0.732.